The molecule has 2 fully saturated rings. The minimum atomic E-state index is 0.0166. The lowest BCUT2D eigenvalue weighted by molar-refractivity contribution is -0.134. The molecule has 1 aromatic carbocycles. The summed E-state index contributed by atoms with van der Waals surface area (Å²) in [6.45, 7) is 10.3. The van der Waals surface area contributed by atoms with Gasteiger partial charge >= 0.3 is 0 Å². The number of benzene rings is 1. The number of likely N-dealkylation sites (tertiary alicyclic amines) is 1. The molecule has 1 N–H and O–H groups in total. The van der Waals surface area contributed by atoms with Gasteiger partial charge in [0.2, 0.25) is 11.8 Å². The number of piperidine rings is 1. The molecule has 0 aliphatic carbocycles. The van der Waals surface area contributed by atoms with Gasteiger partial charge in [0.15, 0.2) is 0 Å². The first-order valence-electron chi connectivity index (χ1n) is 10.7. The van der Waals surface area contributed by atoms with E-state index in [9.17, 15) is 9.59 Å². The summed E-state index contributed by atoms with van der Waals surface area (Å²) in [5.41, 5.74) is 2.05. The highest BCUT2D eigenvalue weighted by Crippen LogP contribution is 2.16. The number of para-hydroxylation sites is 1. The zero-order valence-electron chi connectivity index (χ0n) is 17.3. The lowest BCUT2D eigenvalue weighted by Crippen LogP contribution is -2.53. The van der Waals surface area contributed by atoms with Crippen molar-refractivity contribution >= 4 is 17.5 Å². The first kappa shape index (κ1) is 20.8. The van der Waals surface area contributed by atoms with Gasteiger partial charge in [0.1, 0.15) is 0 Å². The van der Waals surface area contributed by atoms with Crippen LogP contribution in [0, 0.1) is 5.92 Å². The van der Waals surface area contributed by atoms with Crippen LogP contribution in [0.25, 0.3) is 0 Å². The van der Waals surface area contributed by atoms with Gasteiger partial charge in [-0.3, -0.25) is 19.4 Å². The van der Waals surface area contributed by atoms with Crippen LogP contribution in [0.15, 0.2) is 24.3 Å². The lowest BCUT2D eigenvalue weighted by atomic mass is 10.0. The molecule has 2 aliphatic heterocycles. The molecule has 0 saturated carbocycles. The lowest BCUT2D eigenvalue weighted by Gasteiger charge is -2.36. The molecule has 28 heavy (non-hydrogen) atoms. The fourth-order valence-corrected chi connectivity index (χ4v) is 4.22. The quantitative estimate of drug-likeness (QED) is 0.813. The largest absolute Gasteiger partial charge is 0.339 e. The number of carbonyl (C=O) groups excluding carboxylic acids is 2. The molecule has 2 saturated heterocycles. The van der Waals surface area contributed by atoms with Gasteiger partial charge < -0.3 is 10.2 Å². The highest BCUT2D eigenvalue weighted by atomic mass is 16.2. The van der Waals surface area contributed by atoms with Crippen molar-refractivity contribution in [2.75, 3.05) is 57.7 Å². The summed E-state index contributed by atoms with van der Waals surface area (Å²) in [5, 5.41) is 3.03. The van der Waals surface area contributed by atoms with Crippen LogP contribution < -0.4 is 5.32 Å². The average molecular weight is 387 g/mol. The Balaban J connectivity index is 1.41. The van der Waals surface area contributed by atoms with E-state index in [1.807, 2.05) is 29.2 Å². The topological polar surface area (TPSA) is 55.9 Å². The molecule has 0 aromatic heterocycles. The Morgan fingerprint density at radius 1 is 1.04 bits per heavy atom. The van der Waals surface area contributed by atoms with Crippen molar-refractivity contribution < 1.29 is 9.59 Å². The number of piperazine rings is 1. The zero-order chi connectivity index (χ0) is 19.9. The van der Waals surface area contributed by atoms with Gasteiger partial charge in [0, 0.05) is 38.4 Å². The number of carbonyl (C=O) groups is 2. The van der Waals surface area contributed by atoms with Gasteiger partial charge in [0.25, 0.3) is 0 Å². The fraction of sp³-hybridized carbons (Fsp3) is 0.636. The van der Waals surface area contributed by atoms with E-state index in [4.69, 9.17) is 0 Å². The summed E-state index contributed by atoms with van der Waals surface area (Å²) < 4.78 is 0. The second-order valence-corrected chi connectivity index (χ2v) is 8.20. The van der Waals surface area contributed by atoms with Crippen molar-refractivity contribution in [2.45, 2.75) is 33.1 Å². The molecular formula is C22H34N4O2. The highest BCUT2D eigenvalue weighted by molar-refractivity contribution is 5.93. The Bertz CT molecular complexity index is 670. The first-order chi connectivity index (χ1) is 13.5. The Hall–Kier alpha value is -1.92. The monoisotopic (exact) mass is 386 g/mol. The molecule has 2 amide bonds. The van der Waals surface area contributed by atoms with Crippen molar-refractivity contribution in [3.05, 3.63) is 29.8 Å². The molecular weight excluding hydrogens is 352 g/mol. The van der Waals surface area contributed by atoms with E-state index < -0.39 is 0 Å². The third-order valence-corrected chi connectivity index (χ3v) is 5.86. The Labute approximate surface area is 168 Å². The van der Waals surface area contributed by atoms with E-state index in [0.717, 1.165) is 43.9 Å². The number of anilines is 1. The van der Waals surface area contributed by atoms with E-state index >= 15 is 0 Å². The van der Waals surface area contributed by atoms with E-state index in [-0.39, 0.29) is 11.8 Å². The van der Waals surface area contributed by atoms with Crippen LogP contribution in [0.3, 0.4) is 0 Å². The summed E-state index contributed by atoms with van der Waals surface area (Å²) in [7, 11) is 0. The summed E-state index contributed by atoms with van der Waals surface area (Å²) in [6.07, 6.45) is 3.36. The van der Waals surface area contributed by atoms with Crippen molar-refractivity contribution in [1.29, 1.82) is 0 Å². The molecule has 0 spiro atoms. The summed E-state index contributed by atoms with van der Waals surface area (Å²) in [5.74, 6) is 0.938. The van der Waals surface area contributed by atoms with Crippen LogP contribution in [0.1, 0.15) is 32.3 Å². The number of nitrogens with one attached hydrogen (secondary N) is 1. The number of hydrogen-bond donors (Lipinski definition) is 1. The Morgan fingerprint density at radius 2 is 1.79 bits per heavy atom. The second-order valence-electron chi connectivity index (χ2n) is 8.20. The minimum Gasteiger partial charge on any atom is -0.339 e. The number of nitrogens with zero attached hydrogens (tertiary/aromatic N) is 3. The summed E-state index contributed by atoms with van der Waals surface area (Å²) in [6, 6.07) is 7.94. The van der Waals surface area contributed by atoms with Gasteiger partial charge in [-0.2, -0.15) is 0 Å². The van der Waals surface area contributed by atoms with Crippen LogP contribution in [-0.4, -0.2) is 78.9 Å². The fourth-order valence-electron chi connectivity index (χ4n) is 4.22. The van der Waals surface area contributed by atoms with E-state index in [2.05, 4.69) is 29.0 Å². The number of rotatable bonds is 6. The predicted molar refractivity (Wildman–Crippen MR) is 112 cm³/mol. The van der Waals surface area contributed by atoms with Crippen molar-refractivity contribution in [1.82, 2.24) is 14.7 Å². The van der Waals surface area contributed by atoms with E-state index in [1.165, 1.54) is 12.8 Å². The molecule has 154 valence electrons. The molecule has 0 bridgehead atoms. The van der Waals surface area contributed by atoms with Gasteiger partial charge in [-0.1, -0.05) is 32.0 Å². The second kappa shape index (κ2) is 10.0. The summed E-state index contributed by atoms with van der Waals surface area (Å²) in [4.78, 5) is 31.4. The summed E-state index contributed by atoms with van der Waals surface area (Å²) >= 11 is 0. The third kappa shape index (κ3) is 5.79. The molecule has 0 unspecified atom stereocenters. The maximum absolute atomic E-state index is 12.6. The van der Waals surface area contributed by atoms with Gasteiger partial charge in [-0.15, -0.1) is 0 Å². The van der Waals surface area contributed by atoms with Crippen molar-refractivity contribution in [2.24, 2.45) is 5.92 Å². The third-order valence-electron chi connectivity index (χ3n) is 5.86. The molecule has 6 nitrogen and oxygen atoms in total. The number of hydrogen-bond acceptors (Lipinski definition) is 4. The number of aryl methyl sites for hydroxylation is 1. The van der Waals surface area contributed by atoms with Gasteiger partial charge in [-0.05, 0) is 43.4 Å². The first-order valence-corrected chi connectivity index (χ1v) is 10.7. The van der Waals surface area contributed by atoms with Gasteiger partial charge in [-0.25, -0.2) is 0 Å². The minimum absolute atomic E-state index is 0.0166. The molecule has 1 aromatic rings. The molecule has 2 aliphatic rings. The highest BCUT2D eigenvalue weighted by Gasteiger charge is 2.25. The maximum atomic E-state index is 12.6. The molecule has 1 atom stereocenters. The SMILES string of the molecule is CCc1ccccc1NC(=O)CN1CCN(C(=O)CN2CCC[C@H](C)C2)CC1. The maximum Gasteiger partial charge on any atom is 0.238 e. The predicted octanol–water partition coefficient (Wildman–Crippen LogP) is 2.06. The normalized spacial score (nSPS) is 21.5. The van der Waals surface area contributed by atoms with Crippen molar-refractivity contribution in [3.8, 4) is 0 Å². The standard InChI is InChI=1S/C22H34N4O2/c1-3-19-8-4-5-9-20(19)23-21(27)16-24-11-13-26(14-12-24)22(28)17-25-10-6-7-18(2)15-25/h4-5,8-9,18H,3,6-7,10-17H2,1-2H3,(H,23,27)/t18-/m0/s1. The molecule has 0 radical (unpaired) electrons. The smallest absolute Gasteiger partial charge is 0.238 e. The van der Waals surface area contributed by atoms with Crippen LogP contribution in [-0.2, 0) is 16.0 Å². The molecule has 2 heterocycles. The van der Waals surface area contributed by atoms with Crippen LogP contribution in [0.4, 0.5) is 5.69 Å². The van der Waals surface area contributed by atoms with E-state index in [1.54, 1.807) is 0 Å². The average Bonchev–Trinajstić information content (AvgIpc) is 2.69. The number of amides is 2. The van der Waals surface area contributed by atoms with Crippen molar-refractivity contribution in [3.63, 3.8) is 0 Å². The molecule has 6 heteroatoms. The molecule has 3 rings (SSSR count). The van der Waals surface area contributed by atoms with Crippen LogP contribution >= 0.6 is 0 Å². The Kier molecular flexibility index (Phi) is 7.45. The zero-order valence-corrected chi connectivity index (χ0v) is 17.3. The van der Waals surface area contributed by atoms with Crippen LogP contribution in [0.5, 0.6) is 0 Å². The Morgan fingerprint density at radius 3 is 2.50 bits per heavy atom. The van der Waals surface area contributed by atoms with Gasteiger partial charge in [0.05, 0.1) is 13.1 Å². The van der Waals surface area contributed by atoms with Crippen LogP contribution in [0.2, 0.25) is 0 Å². The van der Waals surface area contributed by atoms with E-state index in [0.29, 0.717) is 32.1 Å².